The van der Waals surface area contributed by atoms with E-state index in [0.717, 1.165) is 45.6 Å². The zero-order valence-corrected chi connectivity index (χ0v) is 13.4. The number of hydrogen-bond acceptors (Lipinski definition) is 4. The van der Waals surface area contributed by atoms with E-state index < -0.39 is 0 Å². The number of piperidine rings is 1. The molecule has 1 saturated heterocycles. The number of hydrogen-bond donors (Lipinski definition) is 2. The molecule has 0 aromatic heterocycles. The lowest BCUT2D eigenvalue weighted by Crippen LogP contribution is -2.46. The van der Waals surface area contributed by atoms with Crippen molar-refractivity contribution in [1.82, 2.24) is 15.5 Å². The Hall–Kier alpha value is -0.650. The summed E-state index contributed by atoms with van der Waals surface area (Å²) in [6.07, 6.45) is 7.33. The summed E-state index contributed by atoms with van der Waals surface area (Å²) in [6.45, 7) is 5.38. The molecule has 2 aliphatic rings. The summed E-state index contributed by atoms with van der Waals surface area (Å²) in [4.78, 5) is 14.4. The quantitative estimate of drug-likeness (QED) is 0.656. The largest absolute Gasteiger partial charge is 0.383 e. The average molecular weight is 297 g/mol. The van der Waals surface area contributed by atoms with E-state index in [0.29, 0.717) is 18.5 Å². The number of likely N-dealkylation sites (tertiary alicyclic amines) is 1. The van der Waals surface area contributed by atoms with Crippen molar-refractivity contribution in [1.29, 1.82) is 0 Å². The fraction of sp³-hybridized carbons (Fsp3) is 0.938. The minimum Gasteiger partial charge on any atom is -0.383 e. The SMILES string of the molecule is COCCNCC1CCCN(CC(=O)NC2CCCC2)C1. The Bertz CT molecular complexity index is 306. The first-order chi connectivity index (χ1) is 10.3. The second-order valence-electron chi connectivity index (χ2n) is 6.49. The molecule has 21 heavy (non-hydrogen) atoms. The maximum atomic E-state index is 12.1. The van der Waals surface area contributed by atoms with Gasteiger partial charge in [-0.25, -0.2) is 0 Å². The highest BCUT2D eigenvalue weighted by Crippen LogP contribution is 2.18. The standard InChI is InChI=1S/C16H31N3O2/c1-21-10-8-17-11-14-5-4-9-19(12-14)13-16(20)18-15-6-2-3-7-15/h14-15,17H,2-13H2,1H3,(H,18,20). The molecule has 1 aliphatic heterocycles. The van der Waals surface area contributed by atoms with Crippen LogP contribution in [0.5, 0.6) is 0 Å². The van der Waals surface area contributed by atoms with E-state index in [4.69, 9.17) is 4.74 Å². The number of rotatable bonds is 8. The molecule has 122 valence electrons. The van der Waals surface area contributed by atoms with Crippen LogP contribution in [-0.4, -0.2) is 63.3 Å². The molecule has 2 fully saturated rings. The van der Waals surface area contributed by atoms with Gasteiger partial charge in [-0.3, -0.25) is 9.69 Å². The van der Waals surface area contributed by atoms with E-state index in [1.165, 1.54) is 25.7 Å². The van der Waals surface area contributed by atoms with Crippen molar-refractivity contribution in [3.8, 4) is 0 Å². The van der Waals surface area contributed by atoms with Crippen LogP contribution in [0, 0.1) is 5.92 Å². The van der Waals surface area contributed by atoms with Gasteiger partial charge in [0.15, 0.2) is 0 Å². The van der Waals surface area contributed by atoms with Gasteiger partial charge in [-0.1, -0.05) is 12.8 Å². The lowest BCUT2D eigenvalue weighted by Gasteiger charge is -2.32. The Balaban J connectivity index is 1.62. The third-order valence-corrected chi connectivity index (χ3v) is 4.61. The van der Waals surface area contributed by atoms with Gasteiger partial charge in [0, 0.05) is 26.2 Å². The van der Waals surface area contributed by atoms with Crippen LogP contribution in [0.3, 0.4) is 0 Å². The lowest BCUT2D eigenvalue weighted by molar-refractivity contribution is -0.123. The summed E-state index contributed by atoms with van der Waals surface area (Å²) in [5.41, 5.74) is 0. The molecule has 2 rings (SSSR count). The van der Waals surface area contributed by atoms with E-state index in [-0.39, 0.29) is 5.91 Å². The van der Waals surface area contributed by atoms with Crippen molar-refractivity contribution in [3.05, 3.63) is 0 Å². The highest BCUT2D eigenvalue weighted by atomic mass is 16.5. The van der Waals surface area contributed by atoms with Gasteiger partial charge in [0.25, 0.3) is 0 Å². The molecule has 0 radical (unpaired) electrons. The molecule has 5 nitrogen and oxygen atoms in total. The van der Waals surface area contributed by atoms with Gasteiger partial charge in [-0.05, 0) is 44.7 Å². The molecular formula is C16H31N3O2. The molecule has 5 heteroatoms. The number of nitrogens with one attached hydrogen (secondary N) is 2. The number of methoxy groups -OCH3 is 1. The Morgan fingerprint density at radius 2 is 2.05 bits per heavy atom. The summed E-state index contributed by atoms with van der Waals surface area (Å²) >= 11 is 0. The fourth-order valence-electron chi connectivity index (χ4n) is 3.49. The molecule has 0 aromatic carbocycles. The first-order valence-corrected chi connectivity index (χ1v) is 8.49. The minimum absolute atomic E-state index is 0.217. The monoisotopic (exact) mass is 297 g/mol. The van der Waals surface area contributed by atoms with Crippen LogP contribution in [0.4, 0.5) is 0 Å². The number of carbonyl (C=O) groups excluding carboxylic acids is 1. The Kier molecular flexibility index (Phi) is 7.47. The lowest BCUT2D eigenvalue weighted by atomic mass is 9.98. The van der Waals surface area contributed by atoms with Crippen molar-refractivity contribution in [2.45, 2.75) is 44.6 Å². The molecule has 0 bridgehead atoms. The highest BCUT2D eigenvalue weighted by Gasteiger charge is 2.23. The topological polar surface area (TPSA) is 53.6 Å². The van der Waals surface area contributed by atoms with Gasteiger partial charge in [-0.2, -0.15) is 0 Å². The van der Waals surface area contributed by atoms with Crippen molar-refractivity contribution in [3.63, 3.8) is 0 Å². The summed E-state index contributed by atoms with van der Waals surface area (Å²) in [5.74, 6) is 0.879. The van der Waals surface area contributed by atoms with Crippen LogP contribution < -0.4 is 10.6 Å². The molecule has 0 aromatic rings. The van der Waals surface area contributed by atoms with Crippen LogP contribution in [0.15, 0.2) is 0 Å². The first-order valence-electron chi connectivity index (χ1n) is 8.49. The zero-order valence-electron chi connectivity index (χ0n) is 13.4. The molecule has 1 unspecified atom stereocenters. The van der Waals surface area contributed by atoms with Crippen LogP contribution in [0.25, 0.3) is 0 Å². The molecule has 1 saturated carbocycles. The van der Waals surface area contributed by atoms with E-state index in [9.17, 15) is 4.79 Å². The van der Waals surface area contributed by atoms with Gasteiger partial charge in [0.2, 0.25) is 5.91 Å². The molecule has 2 N–H and O–H groups in total. The smallest absolute Gasteiger partial charge is 0.234 e. The number of ether oxygens (including phenoxy) is 1. The number of nitrogens with zero attached hydrogens (tertiary/aromatic N) is 1. The van der Waals surface area contributed by atoms with Crippen LogP contribution in [0.1, 0.15) is 38.5 Å². The Labute approximate surface area is 128 Å². The Morgan fingerprint density at radius 3 is 2.81 bits per heavy atom. The predicted molar refractivity (Wildman–Crippen MR) is 84.3 cm³/mol. The van der Waals surface area contributed by atoms with Crippen molar-refractivity contribution in [2.24, 2.45) is 5.92 Å². The van der Waals surface area contributed by atoms with Crippen molar-refractivity contribution in [2.75, 3.05) is 46.4 Å². The predicted octanol–water partition coefficient (Wildman–Crippen LogP) is 0.993. The summed E-state index contributed by atoms with van der Waals surface area (Å²) < 4.78 is 5.04. The molecule has 0 spiro atoms. The summed E-state index contributed by atoms with van der Waals surface area (Å²) in [6, 6.07) is 0.439. The summed E-state index contributed by atoms with van der Waals surface area (Å²) in [5, 5.41) is 6.62. The Morgan fingerprint density at radius 1 is 1.24 bits per heavy atom. The van der Waals surface area contributed by atoms with Gasteiger partial charge >= 0.3 is 0 Å². The second kappa shape index (κ2) is 9.38. The van der Waals surface area contributed by atoms with Crippen LogP contribution >= 0.6 is 0 Å². The highest BCUT2D eigenvalue weighted by molar-refractivity contribution is 5.78. The number of amides is 1. The van der Waals surface area contributed by atoms with Crippen molar-refractivity contribution >= 4 is 5.91 Å². The second-order valence-corrected chi connectivity index (χ2v) is 6.49. The molecule has 1 atom stereocenters. The van der Waals surface area contributed by atoms with Gasteiger partial charge in [-0.15, -0.1) is 0 Å². The van der Waals surface area contributed by atoms with E-state index >= 15 is 0 Å². The average Bonchev–Trinajstić information content (AvgIpc) is 2.97. The van der Waals surface area contributed by atoms with E-state index in [1.807, 2.05) is 0 Å². The fourth-order valence-corrected chi connectivity index (χ4v) is 3.49. The molecule has 1 amide bonds. The zero-order chi connectivity index (χ0) is 14.9. The molecule has 1 aliphatic carbocycles. The number of carbonyl (C=O) groups is 1. The third kappa shape index (κ3) is 6.32. The van der Waals surface area contributed by atoms with Crippen LogP contribution in [-0.2, 0) is 9.53 Å². The first kappa shape index (κ1) is 16.7. The third-order valence-electron chi connectivity index (χ3n) is 4.61. The van der Waals surface area contributed by atoms with Gasteiger partial charge < -0.3 is 15.4 Å². The maximum absolute atomic E-state index is 12.1. The van der Waals surface area contributed by atoms with Gasteiger partial charge in [0.05, 0.1) is 13.2 Å². The summed E-state index contributed by atoms with van der Waals surface area (Å²) in [7, 11) is 1.73. The minimum atomic E-state index is 0.217. The molecule has 1 heterocycles. The normalized spacial score (nSPS) is 24.3. The van der Waals surface area contributed by atoms with E-state index in [2.05, 4.69) is 15.5 Å². The van der Waals surface area contributed by atoms with Crippen molar-refractivity contribution < 1.29 is 9.53 Å². The maximum Gasteiger partial charge on any atom is 0.234 e. The van der Waals surface area contributed by atoms with Gasteiger partial charge in [0.1, 0.15) is 0 Å². The van der Waals surface area contributed by atoms with E-state index in [1.54, 1.807) is 7.11 Å². The molecular weight excluding hydrogens is 266 g/mol. The van der Waals surface area contributed by atoms with Crippen LogP contribution in [0.2, 0.25) is 0 Å².